The summed E-state index contributed by atoms with van der Waals surface area (Å²) in [6.45, 7) is 5.18. The molecule has 0 heterocycles. The minimum atomic E-state index is 0.256. The van der Waals surface area contributed by atoms with E-state index < -0.39 is 0 Å². The van der Waals surface area contributed by atoms with E-state index in [0.29, 0.717) is 6.04 Å². The van der Waals surface area contributed by atoms with Gasteiger partial charge in [0.05, 0.1) is 8.95 Å². The molecule has 0 fully saturated rings. The van der Waals surface area contributed by atoms with Crippen molar-refractivity contribution in [2.24, 2.45) is 0 Å². The molecule has 1 N–H and O–H groups in total. The Kier molecular flexibility index (Phi) is 4.62. The molecule has 0 radical (unpaired) electrons. The van der Waals surface area contributed by atoms with E-state index in [1.54, 1.807) is 0 Å². The number of nitrogens with zero attached hydrogens (tertiary/aromatic N) is 1. The van der Waals surface area contributed by atoms with Crippen LogP contribution in [0.1, 0.15) is 19.4 Å². The lowest BCUT2D eigenvalue weighted by atomic mass is 10.2. The van der Waals surface area contributed by atoms with E-state index in [4.69, 9.17) is 0 Å². The molecule has 0 unspecified atom stereocenters. The smallest absolute Gasteiger partial charge is 0.143 e. The van der Waals surface area contributed by atoms with Crippen molar-refractivity contribution < 1.29 is 5.11 Å². The lowest BCUT2D eigenvalue weighted by Gasteiger charge is -2.21. The summed E-state index contributed by atoms with van der Waals surface area (Å²) in [6.07, 6.45) is 0. The summed E-state index contributed by atoms with van der Waals surface area (Å²) < 4.78 is 1.45. The quantitative estimate of drug-likeness (QED) is 0.908. The number of halogens is 2. The highest BCUT2D eigenvalue weighted by Crippen LogP contribution is 2.33. The minimum absolute atomic E-state index is 0.256. The minimum Gasteiger partial charge on any atom is -0.506 e. The first kappa shape index (κ1) is 13.0. The third kappa shape index (κ3) is 3.47. The largest absolute Gasteiger partial charge is 0.506 e. The molecule has 0 spiro atoms. The molecule has 0 aliphatic rings. The number of phenolic OH excluding ortho intramolecular Hbond substituents is 1. The fourth-order valence-electron chi connectivity index (χ4n) is 1.18. The van der Waals surface area contributed by atoms with Crippen molar-refractivity contribution in [1.82, 2.24) is 4.90 Å². The summed E-state index contributed by atoms with van der Waals surface area (Å²) >= 11 is 6.65. The second-order valence-corrected chi connectivity index (χ2v) is 5.63. The summed E-state index contributed by atoms with van der Waals surface area (Å²) in [5, 5.41) is 9.57. The van der Waals surface area contributed by atoms with Gasteiger partial charge in [0.1, 0.15) is 5.75 Å². The van der Waals surface area contributed by atoms with Crippen LogP contribution >= 0.6 is 31.9 Å². The molecular weight excluding hydrogens is 322 g/mol. The van der Waals surface area contributed by atoms with Gasteiger partial charge in [-0.15, -0.1) is 0 Å². The molecular formula is C11H15Br2NO. The molecule has 2 nitrogen and oxygen atoms in total. The average molecular weight is 337 g/mol. The van der Waals surface area contributed by atoms with E-state index in [1.165, 1.54) is 5.56 Å². The van der Waals surface area contributed by atoms with Crippen LogP contribution in [0.25, 0.3) is 0 Å². The zero-order valence-electron chi connectivity index (χ0n) is 9.09. The molecule has 1 rings (SSSR count). The molecule has 84 valence electrons. The van der Waals surface area contributed by atoms with Crippen LogP contribution in [0, 0.1) is 0 Å². The fraction of sp³-hybridized carbons (Fsp3) is 0.455. The van der Waals surface area contributed by atoms with Crippen LogP contribution in [0.15, 0.2) is 21.1 Å². The third-order valence-corrected chi connectivity index (χ3v) is 3.60. The molecule has 0 aliphatic heterocycles. The number of phenols is 1. The standard InChI is InChI=1S/C11H15Br2NO/c1-7(2)14(3)6-8-4-9(12)11(15)10(13)5-8/h4-5,7,15H,6H2,1-3H3. The van der Waals surface area contributed by atoms with Crippen LogP contribution < -0.4 is 0 Å². The topological polar surface area (TPSA) is 23.5 Å². The van der Waals surface area contributed by atoms with Gasteiger partial charge in [0, 0.05) is 12.6 Å². The van der Waals surface area contributed by atoms with Crippen LogP contribution in [-0.2, 0) is 6.54 Å². The molecule has 15 heavy (non-hydrogen) atoms. The predicted octanol–water partition coefficient (Wildman–Crippen LogP) is 3.76. The van der Waals surface area contributed by atoms with E-state index in [2.05, 4.69) is 57.7 Å². The maximum atomic E-state index is 9.57. The van der Waals surface area contributed by atoms with Crippen LogP contribution in [0.4, 0.5) is 0 Å². The number of aromatic hydroxyl groups is 1. The molecule has 0 saturated carbocycles. The highest BCUT2D eigenvalue weighted by Gasteiger charge is 2.09. The molecule has 0 amide bonds. The third-order valence-electron chi connectivity index (χ3n) is 2.39. The van der Waals surface area contributed by atoms with Gasteiger partial charge in [-0.1, -0.05) is 0 Å². The molecule has 0 saturated heterocycles. The van der Waals surface area contributed by atoms with Gasteiger partial charge in [-0.2, -0.15) is 0 Å². The van der Waals surface area contributed by atoms with Crippen molar-refractivity contribution in [2.75, 3.05) is 7.05 Å². The van der Waals surface area contributed by atoms with E-state index in [1.807, 2.05) is 12.1 Å². The average Bonchev–Trinajstić information content (AvgIpc) is 2.13. The van der Waals surface area contributed by atoms with Gasteiger partial charge in [-0.25, -0.2) is 0 Å². The summed E-state index contributed by atoms with van der Waals surface area (Å²) in [7, 11) is 2.08. The van der Waals surface area contributed by atoms with Crippen LogP contribution in [0.2, 0.25) is 0 Å². The Morgan fingerprint density at radius 3 is 2.13 bits per heavy atom. The Morgan fingerprint density at radius 2 is 1.73 bits per heavy atom. The van der Waals surface area contributed by atoms with Crippen LogP contribution in [0.5, 0.6) is 5.75 Å². The predicted molar refractivity (Wildman–Crippen MR) is 70.1 cm³/mol. The first-order valence-electron chi connectivity index (χ1n) is 4.79. The molecule has 1 aromatic rings. The highest BCUT2D eigenvalue weighted by molar-refractivity contribution is 9.11. The number of rotatable bonds is 3. The monoisotopic (exact) mass is 335 g/mol. The molecule has 1 aromatic carbocycles. The number of benzene rings is 1. The lowest BCUT2D eigenvalue weighted by molar-refractivity contribution is 0.265. The Hall–Kier alpha value is -0.0600. The van der Waals surface area contributed by atoms with Gasteiger partial charge in [-0.05, 0) is 70.5 Å². The first-order valence-corrected chi connectivity index (χ1v) is 6.37. The fourth-order valence-corrected chi connectivity index (χ4v) is 2.46. The first-order chi connectivity index (χ1) is 6.91. The maximum absolute atomic E-state index is 9.57. The second-order valence-electron chi connectivity index (χ2n) is 3.92. The van der Waals surface area contributed by atoms with Crippen molar-refractivity contribution in [3.05, 3.63) is 26.6 Å². The highest BCUT2D eigenvalue weighted by atomic mass is 79.9. The SMILES string of the molecule is CC(C)N(C)Cc1cc(Br)c(O)c(Br)c1. The van der Waals surface area contributed by atoms with E-state index >= 15 is 0 Å². The normalized spacial score (nSPS) is 11.4. The molecule has 0 aromatic heterocycles. The van der Waals surface area contributed by atoms with E-state index in [0.717, 1.165) is 15.5 Å². The van der Waals surface area contributed by atoms with Gasteiger partial charge in [-0.3, -0.25) is 4.90 Å². The van der Waals surface area contributed by atoms with Crippen molar-refractivity contribution in [1.29, 1.82) is 0 Å². The van der Waals surface area contributed by atoms with Gasteiger partial charge in [0.15, 0.2) is 0 Å². The molecule has 0 aliphatic carbocycles. The molecule has 4 heteroatoms. The summed E-state index contributed by atoms with van der Waals surface area (Å²) in [6, 6.07) is 4.40. The second kappa shape index (κ2) is 5.32. The summed E-state index contributed by atoms with van der Waals surface area (Å²) in [5.74, 6) is 0.256. The van der Waals surface area contributed by atoms with Crippen LogP contribution in [0.3, 0.4) is 0 Å². The number of hydrogen-bond donors (Lipinski definition) is 1. The summed E-state index contributed by atoms with van der Waals surface area (Å²) in [5.41, 5.74) is 1.17. The molecule has 0 bridgehead atoms. The Balaban J connectivity index is 2.88. The van der Waals surface area contributed by atoms with E-state index in [-0.39, 0.29) is 5.75 Å². The van der Waals surface area contributed by atoms with Crippen molar-refractivity contribution >= 4 is 31.9 Å². The Bertz CT molecular complexity index is 329. The lowest BCUT2D eigenvalue weighted by Crippen LogP contribution is -2.25. The summed E-state index contributed by atoms with van der Waals surface area (Å²) in [4.78, 5) is 2.24. The van der Waals surface area contributed by atoms with Gasteiger partial charge in [0.2, 0.25) is 0 Å². The van der Waals surface area contributed by atoms with Crippen LogP contribution in [-0.4, -0.2) is 23.1 Å². The van der Waals surface area contributed by atoms with Gasteiger partial charge in [0.25, 0.3) is 0 Å². The van der Waals surface area contributed by atoms with Gasteiger partial charge < -0.3 is 5.11 Å². The molecule has 0 atom stereocenters. The Morgan fingerprint density at radius 1 is 1.27 bits per heavy atom. The Labute approximate surface area is 108 Å². The van der Waals surface area contributed by atoms with Crippen molar-refractivity contribution in [2.45, 2.75) is 26.4 Å². The zero-order chi connectivity index (χ0) is 11.6. The number of hydrogen-bond acceptors (Lipinski definition) is 2. The zero-order valence-corrected chi connectivity index (χ0v) is 12.3. The van der Waals surface area contributed by atoms with Crippen molar-refractivity contribution in [3.63, 3.8) is 0 Å². The van der Waals surface area contributed by atoms with E-state index in [9.17, 15) is 5.11 Å². The van der Waals surface area contributed by atoms with Crippen molar-refractivity contribution in [3.8, 4) is 5.75 Å². The van der Waals surface area contributed by atoms with Gasteiger partial charge >= 0.3 is 0 Å². The maximum Gasteiger partial charge on any atom is 0.143 e.